The van der Waals surface area contributed by atoms with Crippen LogP contribution in [0.3, 0.4) is 0 Å². The molecule has 2 aliphatic rings. The monoisotopic (exact) mass is 369 g/mol. The van der Waals surface area contributed by atoms with Crippen LogP contribution in [0.25, 0.3) is 0 Å². The Labute approximate surface area is 157 Å². The summed E-state index contributed by atoms with van der Waals surface area (Å²) >= 11 is 6.51. The summed E-state index contributed by atoms with van der Waals surface area (Å²) in [4.78, 5) is 12.3. The van der Waals surface area contributed by atoms with Crippen LogP contribution >= 0.6 is 11.6 Å². The molecule has 0 amide bonds. The van der Waals surface area contributed by atoms with Crippen LogP contribution in [0.4, 0.5) is 5.69 Å². The van der Waals surface area contributed by atoms with Crippen molar-refractivity contribution in [1.29, 1.82) is 0 Å². The van der Waals surface area contributed by atoms with E-state index in [0.29, 0.717) is 10.6 Å². The van der Waals surface area contributed by atoms with Gasteiger partial charge in [-0.25, -0.2) is 4.79 Å². The summed E-state index contributed by atoms with van der Waals surface area (Å²) in [5.41, 5.74) is 3.39. The Morgan fingerprint density at radius 2 is 2.00 bits per heavy atom. The van der Waals surface area contributed by atoms with Crippen molar-refractivity contribution in [2.45, 2.75) is 18.4 Å². The summed E-state index contributed by atoms with van der Waals surface area (Å²) in [6, 6.07) is 11.6. The van der Waals surface area contributed by atoms with E-state index in [4.69, 9.17) is 21.1 Å². The highest BCUT2D eigenvalue weighted by Gasteiger charge is 2.41. The van der Waals surface area contributed by atoms with Crippen LogP contribution in [-0.4, -0.2) is 20.2 Å². The molecule has 2 aromatic carbocycles. The predicted octanol–water partition coefficient (Wildman–Crippen LogP) is 4.96. The van der Waals surface area contributed by atoms with Gasteiger partial charge in [0, 0.05) is 11.5 Å². The molecule has 0 saturated heterocycles. The second kappa shape index (κ2) is 6.69. The number of carbonyl (C=O) groups is 1. The number of carbonyl (C=O) groups excluding carboxylic acids is 1. The molecular weight excluding hydrogens is 350 g/mol. The number of para-hydroxylation sites is 1. The molecular formula is C21H20ClNO3. The van der Waals surface area contributed by atoms with Crippen molar-refractivity contribution < 1.29 is 14.3 Å². The van der Waals surface area contributed by atoms with Gasteiger partial charge in [0.25, 0.3) is 0 Å². The first-order chi connectivity index (χ1) is 12.7. The van der Waals surface area contributed by atoms with Gasteiger partial charge in [-0.3, -0.25) is 0 Å². The number of ether oxygens (including phenoxy) is 2. The van der Waals surface area contributed by atoms with Crippen LogP contribution in [0, 0.1) is 5.92 Å². The quantitative estimate of drug-likeness (QED) is 0.613. The smallest absolute Gasteiger partial charge is 0.338 e. The zero-order chi connectivity index (χ0) is 18.3. The number of hydrogen-bond acceptors (Lipinski definition) is 4. The van der Waals surface area contributed by atoms with Gasteiger partial charge in [-0.2, -0.15) is 0 Å². The summed E-state index contributed by atoms with van der Waals surface area (Å²) in [6.45, 7) is 0. The Bertz CT molecular complexity index is 893. The van der Waals surface area contributed by atoms with Gasteiger partial charge < -0.3 is 14.8 Å². The minimum absolute atomic E-state index is 0.0454. The lowest BCUT2D eigenvalue weighted by Gasteiger charge is -2.39. The molecule has 1 N–H and O–H groups in total. The Morgan fingerprint density at radius 3 is 2.77 bits per heavy atom. The van der Waals surface area contributed by atoms with Crippen LogP contribution in [0.1, 0.15) is 39.9 Å². The number of rotatable bonds is 3. The molecule has 5 heteroatoms. The molecule has 1 aliphatic heterocycles. The fourth-order valence-electron chi connectivity index (χ4n) is 4.19. The first-order valence-electron chi connectivity index (χ1n) is 8.62. The number of anilines is 1. The van der Waals surface area contributed by atoms with Gasteiger partial charge in [0.05, 0.1) is 36.5 Å². The molecule has 4 rings (SSSR count). The summed E-state index contributed by atoms with van der Waals surface area (Å²) in [5, 5.41) is 4.19. The molecule has 0 fully saturated rings. The standard InChI is InChI=1S/C21H20ClNO3/c1-25-17-9-4-3-6-14(17)19-13-8-5-7-12(13)18-15(21(24)26-2)10-11-16(22)20(18)23-19/h3-7,9-13,19,23H,8H2,1-2H3/t12-,13+,19-/m1/s1. The molecule has 0 bridgehead atoms. The molecule has 1 heterocycles. The van der Waals surface area contributed by atoms with Crippen molar-refractivity contribution in [3.63, 3.8) is 0 Å². The van der Waals surface area contributed by atoms with Crippen molar-refractivity contribution in [3.8, 4) is 5.75 Å². The summed E-state index contributed by atoms with van der Waals surface area (Å²) in [6.07, 6.45) is 5.28. The van der Waals surface area contributed by atoms with Crippen molar-refractivity contribution in [2.24, 2.45) is 5.92 Å². The number of fused-ring (bicyclic) bond motifs is 3. The molecule has 4 nitrogen and oxygen atoms in total. The topological polar surface area (TPSA) is 47.6 Å². The zero-order valence-corrected chi connectivity index (χ0v) is 15.4. The van der Waals surface area contributed by atoms with Gasteiger partial charge in [0.1, 0.15) is 5.75 Å². The highest BCUT2D eigenvalue weighted by Crippen LogP contribution is 2.53. The number of benzene rings is 2. The van der Waals surface area contributed by atoms with E-state index >= 15 is 0 Å². The zero-order valence-electron chi connectivity index (χ0n) is 14.7. The second-order valence-corrected chi connectivity index (χ2v) is 7.00. The minimum Gasteiger partial charge on any atom is -0.496 e. The van der Waals surface area contributed by atoms with Crippen molar-refractivity contribution in [1.82, 2.24) is 0 Å². The van der Waals surface area contributed by atoms with E-state index in [9.17, 15) is 4.79 Å². The van der Waals surface area contributed by atoms with Gasteiger partial charge in [-0.15, -0.1) is 0 Å². The lowest BCUT2D eigenvalue weighted by molar-refractivity contribution is 0.0598. The van der Waals surface area contributed by atoms with Crippen LogP contribution < -0.4 is 10.1 Å². The van der Waals surface area contributed by atoms with E-state index in [0.717, 1.165) is 29.0 Å². The first kappa shape index (κ1) is 17.0. The molecule has 1 aliphatic carbocycles. The average molecular weight is 370 g/mol. The van der Waals surface area contributed by atoms with E-state index in [2.05, 4.69) is 23.5 Å². The molecule has 0 aromatic heterocycles. The van der Waals surface area contributed by atoms with Crippen LogP contribution in [0.5, 0.6) is 5.75 Å². The van der Waals surface area contributed by atoms with Gasteiger partial charge in [-0.05, 0) is 36.1 Å². The Kier molecular flexibility index (Phi) is 4.37. The Morgan fingerprint density at radius 1 is 1.19 bits per heavy atom. The largest absolute Gasteiger partial charge is 0.496 e. The maximum atomic E-state index is 12.3. The fraction of sp³-hybridized carbons (Fsp3) is 0.286. The lowest BCUT2D eigenvalue weighted by atomic mass is 9.75. The number of esters is 1. The first-order valence-corrected chi connectivity index (χ1v) is 9.00. The van der Waals surface area contributed by atoms with Gasteiger partial charge in [0.15, 0.2) is 0 Å². The number of nitrogens with one attached hydrogen (secondary N) is 1. The average Bonchev–Trinajstić information content (AvgIpc) is 3.17. The number of hydrogen-bond donors (Lipinski definition) is 1. The summed E-state index contributed by atoms with van der Waals surface area (Å²) in [7, 11) is 3.08. The Hall–Kier alpha value is -2.46. The van der Waals surface area contributed by atoms with E-state index in [1.807, 2.05) is 18.2 Å². The van der Waals surface area contributed by atoms with Crippen LogP contribution in [0.2, 0.25) is 5.02 Å². The normalized spacial score (nSPS) is 23.0. The van der Waals surface area contributed by atoms with Gasteiger partial charge in [-0.1, -0.05) is 42.0 Å². The van der Waals surface area contributed by atoms with Crippen molar-refractivity contribution >= 4 is 23.3 Å². The number of allylic oxidation sites excluding steroid dienone is 2. The molecule has 0 radical (unpaired) electrons. The second-order valence-electron chi connectivity index (χ2n) is 6.59. The Balaban J connectivity index is 1.88. The van der Waals surface area contributed by atoms with Gasteiger partial charge in [0.2, 0.25) is 0 Å². The van der Waals surface area contributed by atoms with E-state index in [1.54, 1.807) is 19.2 Å². The lowest BCUT2D eigenvalue weighted by Crippen LogP contribution is -2.31. The third-order valence-corrected chi connectivity index (χ3v) is 5.66. The van der Waals surface area contributed by atoms with E-state index < -0.39 is 0 Å². The maximum Gasteiger partial charge on any atom is 0.338 e. The molecule has 2 aromatic rings. The molecule has 26 heavy (non-hydrogen) atoms. The predicted molar refractivity (Wildman–Crippen MR) is 102 cm³/mol. The summed E-state index contributed by atoms with van der Waals surface area (Å²) in [5.74, 6) is 0.892. The van der Waals surface area contributed by atoms with Gasteiger partial charge >= 0.3 is 5.97 Å². The SMILES string of the molecule is COC(=O)c1ccc(Cl)c2c1[C@@H]1C=CC[C@@H]1[C@H](c1ccccc1OC)N2. The minimum atomic E-state index is -0.338. The van der Waals surface area contributed by atoms with Crippen molar-refractivity contribution in [3.05, 3.63) is 70.3 Å². The maximum absolute atomic E-state index is 12.3. The van der Waals surface area contributed by atoms with Crippen molar-refractivity contribution in [2.75, 3.05) is 19.5 Å². The third-order valence-electron chi connectivity index (χ3n) is 5.35. The van der Waals surface area contributed by atoms with E-state index in [1.165, 1.54) is 7.11 Å². The highest BCUT2D eigenvalue weighted by atomic mass is 35.5. The summed E-state index contributed by atoms with van der Waals surface area (Å²) < 4.78 is 10.6. The van der Waals surface area contributed by atoms with E-state index in [-0.39, 0.29) is 23.8 Å². The highest BCUT2D eigenvalue weighted by molar-refractivity contribution is 6.33. The van der Waals surface area contributed by atoms with Crippen LogP contribution in [0.15, 0.2) is 48.6 Å². The number of methoxy groups -OCH3 is 2. The molecule has 134 valence electrons. The number of halogens is 1. The third kappa shape index (κ3) is 2.56. The molecule has 3 atom stereocenters. The molecule has 0 unspecified atom stereocenters. The molecule has 0 saturated carbocycles. The van der Waals surface area contributed by atoms with Crippen LogP contribution in [-0.2, 0) is 4.74 Å². The molecule has 0 spiro atoms. The fourth-order valence-corrected chi connectivity index (χ4v) is 4.41.